The highest BCUT2D eigenvalue weighted by Crippen LogP contribution is 2.32. The number of aromatic nitrogens is 4. The summed E-state index contributed by atoms with van der Waals surface area (Å²) in [4.78, 5) is 12.3. The average Bonchev–Trinajstić information content (AvgIpc) is 3.28. The van der Waals surface area contributed by atoms with Crippen molar-refractivity contribution in [2.24, 2.45) is 0 Å². The van der Waals surface area contributed by atoms with Gasteiger partial charge < -0.3 is 14.8 Å². The summed E-state index contributed by atoms with van der Waals surface area (Å²) >= 11 is 5.89. The molecular formula is C16H12ClN5O3. The van der Waals surface area contributed by atoms with Gasteiger partial charge in [0.15, 0.2) is 17.3 Å². The molecule has 4 rings (SSSR count). The number of hydrogen-bond donors (Lipinski definition) is 1. The van der Waals surface area contributed by atoms with Gasteiger partial charge >= 0.3 is 0 Å². The van der Waals surface area contributed by atoms with Crippen LogP contribution in [0.4, 0.5) is 0 Å². The fourth-order valence-electron chi connectivity index (χ4n) is 2.40. The minimum absolute atomic E-state index is 0.163. The zero-order valence-corrected chi connectivity index (χ0v) is 13.6. The van der Waals surface area contributed by atoms with E-state index in [-0.39, 0.29) is 19.2 Å². The average molecular weight is 358 g/mol. The van der Waals surface area contributed by atoms with E-state index in [1.165, 1.54) is 4.68 Å². The molecule has 0 bridgehead atoms. The van der Waals surface area contributed by atoms with Gasteiger partial charge in [-0.25, -0.2) is 0 Å². The minimum Gasteiger partial charge on any atom is -0.454 e. The molecule has 126 valence electrons. The van der Waals surface area contributed by atoms with Gasteiger partial charge in [-0.3, -0.25) is 4.79 Å². The van der Waals surface area contributed by atoms with Crippen LogP contribution in [0.25, 0.3) is 5.69 Å². The van der Waals surface area contributed by atoms with E-state index in [0.29, 0.717) is 27.9 Å². The van der Waals surface area contributed by atoms with Crippen LogP contribution >= 0.6 is 11.6 Å². The van der Waals surface area contributed by atoms with Crippen molar-refractivity contribution in [2.75, 3.05) is 6.79 Å². The summed E-state index contributed by atoms with van der Waals surface area (Å²) in [5.74, 6) is 1.42. The molecule has 0 fully saturated rings. The molecule has 9 heteroatoms. The largest absolute Gasteiger partial charge is 0.454 e. The van der Waals surface area contributed by atoms with Gasteiger partial charge in [-0.05, 0) is 52.9 Å². The Balaban J connectivity index is 1.48. The lowest BCUT2D eigenvalue weighted by molar-refractivity contribution is 0.0949. The molecule has 1 amide bonds. The van der Waals surface area contributed by atoms with Crippen LogP contribution in [-0.4, -0.2) is 32.9 Å². The van der Waals surface area contributed by atoms with Gasteiger partial charge in [0.1, 0.15) is 0 Å². The third kappa shape index (κ3) is 3.11. The molecule has 0 saturated heterocycles. The molecule has 1 aliphatic heterocycles. The predicted octanol–water partition coefficient (Wildman–Crippen LogP) is 1.97. The molecule has 2 aromatic carbocycles. The number of hydrogen-bond acceptors (Lipinski definition) is 6. The van der Waals surface area contributed by atoms with Gasteiger partial charge in [0.05, 0.1) is 12.2 Å². The molecule has 1 aliphatic rings. The lowest BCUT2D eigenvalue weighted by Gasteiger charge is -2.07. The number of rotatable bonds is 4. The molecule has 0 aliphatic carbocycles. The molecular weight excluding hydrogens is 346 g/mol. The van der Waals surface area contributed by atoms with E-state index >= 15 is 0 Å². The van der Waals surface area contributed by atoms with E-state index in [4.69, 9.17) is 21.1 Å². The maximum atomic E-state index is 12.3. The number of benzene rings is 2. The highest BCUT2D eigenvalue weighted by Gasteiger charge is 2.17. The molecule has 1 aromatic heterocycles. The first kappa shape index (κ1) is 15.4. The van der Waals surface area contributed by atoms with E-state index in [1.54, 1.807) is 42.5 Å². The monoisotopic (exact) mass is 357 g/mol. The van der Waals surface area contributed by atoms with Crippen molar-refractivity contribution in [1.29, 1.82) is 0 Å². The lowest BCUT2D eigenvalue weighted by Crippen LogP contribution is -2.24. The Labute approximate surface area is 147 Å². The molecule has 0 radical (unpaired) electrons. The molecule has 25 heavy (non-hydrogen) atoms. The molecule has 0 unspecified atom stereocenters. The Morgan fingerprint density at radius 1 is 1.16 bits per heavy atom. The smallest absolute Gasteiger partial charge is 0.251 e. The Hall–Kier alpha value is -3.13. The van der Waals surface area contributed by atoms with Gasteiger partial charge in [-0.1, -0.05) is 11.6 Å². The number of carbonyl (C=O) groups is 1. The fourth-order valence-corrected chi connectivity index (χ4v) is 2.52. The molecule has 0 spiro atoms. The van der Waals surface area contributed by atoms with Crippen molar-refractivity contribution >= 4 is 17.5 Å². The van der Waals surface area contributed by atoms with Gasteiger partial charge in [0.2, 0.25) is 6.79 Å². The summed E-state index contributed by atoms with van der Waals surface area (Å²) in [6, 6.07) is 12.1. The Morgan fingerprint density at radius 2 is 1.96 bits per heavy atom. The number of carbonyl (C=O) groups excluding carboxylic acids is 1. The van der Waals surface area contributed by atoms with E-state index in [9.17, 15) is 4.79 Å². The van der Waals surface area contributed by atoms with Crippen LogP contribution in [0.5, 0.6) is 11.5 Å². The summed E-state index contributed by atoms with van der Waals surface area (Å²) in [6.45, 7) is 0.333. The lowest BCUT2D eigenvalue weighted by atomic mass is 10.2. The minimum atomic E-state index is -0.260. The van der Waals surface area contributed by atoms with Crippen molar-refractivity contribution in [1.82, 2.24) is 25.5 Å². The zero-order valence-electron chi connectivity index (χ0n) is 12.8. The molecule has 3 aromatic rings. The van der Waals surface area contributed by atoms with Gasteiger partial charge in [0.25, 0.3) is 5.91 Å². The number of amides is 1. The summed E-state index contributed by atoms with van der Waals surface area (Å²) in [5, 5.41) is 15.0. The molecule has 0 saturated carbocycles. The van der Waals surface area contributed by atoms with E-state index in [0.717, 1.165) is 5.69 Å². The number of tetrazole rings is 1. The summed E-state index contributed by atoms with van der Waals surface area (Å²) in [7, 11) is 0. The number of nitrogens with zero attached hydrogens (tertiary/aromatic N) is 4. The standard InChI is InChI=1S/C16H12ClN5O3/c17-11-2-4-12(5-3-11)22-15(19-20-21-22)8-18-16(23)10-1-6-13-14(7-10)25-9-24-13/h1-7H,8-9H2,(H,18,23). The molecule has 2 heterocycles. The Kier molecular flexibility index (Phi) is 3.95. The molecule has 0 atom stereocenters. The number of ether oxygens (including phenoxy) is 2. The number of halogens is 1. The highest BCUT2D eigenvalue weighted by atomic mass is 35.5. The zero-order chi connectivity index (χ0) is 17.2. The van der Waals surface area contributed by atoms with Crippen molar-refractivity contribution in [3.05, 3.63) is 58.9 Å². The Bertz CT molecular complexity index is 926. The summed E-state index contributed by atoms with van der Waals surface area (Å²) in [6.07, 6.45) is 0. The SMILES string of the molecule is O=C(NCc1nnnn1-c1ccc(Cl)cc1)c1ccc2c(c1)OCO2. The van der Waals surface area contributed by atoms with Crippen LogP contribution in [0.3, 0.4) is 0 Å². The topological polar surface area (TPSA) is 91.2 Å². The van der Waals surface area contributed by atoms with Gasteiger partial charge in [0, 0.05) is 10.6 Å². The maximum absolute atomic E-state index is 12.3. The van der Waals surface area contributed by atoms with Crippen molar-refractivity contribution in [2.45, 2.75) is 6.54 Å². The summed E-state index contributed by atoms with van der Waals surface area (Å²) < 4.78 is 12.0. The first-order chi connectivity index (χ1) is 12.2. The van der Waals surface area contributed by atoms with Crippen molar-refractivity contribution < 1.29 is 14.3 Å². The Morgan fingerprint density at radius 3 is 2.80 bits per heavy atom. The normalized spacial score (nSPS) is 12.2. The van der Waals surface area contributed by atoms with Crippen molar-refractivity contribution in [3.63, 3.8) is 0 Å². The number of fused-ring (bicyclic) bond motifs is 1. The maximum Gasteiger partial charge on any atom is 0.251 e. The first-order valence-electron chi connectivity index (χ1n) is 7.42. The van der Waals surface area contributed by atoms with E-state index in [1.807, 2.05) is 0 Å². The molecule has 1 N–H and O–H groups in total. The van der Waals surface area contributed by atoms with Gasteiger partial charge in [-0.15, -0.1) is 5.10 Å². The summed E-state index contributed by atoms with van der Waals surface area (Å²) in [5.41, 5.74) is 1.22. The van der Waals surface area contributed by atoms with Crippen molar-refractivity contribution in [3.8, 4) is 17.2 Å². The van der Waals surface area contributed by atoms with Crippen LogP contribution in [0, 0.1) is 0 Å². The quantitative estimate of drug-likeness (QED) is 0.767. The van der Waals surface area contributed by atoms with Crippen LogP contribution in [-0.2, 0) is 6.54 Å². The third-order valence-electron chi connectivity index (χ3n) is 3.65. The van der Waals surface area contributed by atoms with Crippen LogP contribution in [0.1, 0.15) is 16.2 Å². The second-order valence-electron chi connectivity index (χ2n) is 5.23. The van der Waals surface area contributed by atoms with E-state index in [2.05, 4.69) is 20.8 Å². The first-order valence-corrected chi connectivity index (χ1v) is 7.79. The second-order valence-corrected chi connectivity index (χ2v) is 5.67. The molecule has 8 nitrogen and oxygen atoms in total. The highest BCUT2D eigenvalue weighted by molar-refractivity contribution is 6.30. The van der Waals surface area contributed by atoms with Crippen LogP contribution in [0.2, 0.25) is 5.02 Å². The fraction of sp³-hybridized carbons (Fsp3) is 0.125. The second kappa shape index (κ2) is 6.40. The van der Waals surface area contributed by atoms with Gasteiger partial charge in [-0.2, -0.15) is 4.68 Å². The van der Waals surface area contributed by atoms with Crippen LogP contribution in [0.15, 0.2) is 42.5 Å². The third-order valence-corrected chi connectivity index (χ3v) is 3.90. The number of nitrogens with one attached hydrogen (secondary N) is 1. The van der Waals surface area contributed by atoms with E-state index < -0.39 is 0 Å². The van der Waals surface area contributed by atoms with Crippen LogP contribution < -0.4 is 14.8 Å². The predicted molar refractivity (Wildman–Crippen MR) is 87.9 cm³/mol.